The van der Waals surface area contributed by atoms with E-state index in [1.807, 2.05) is 6.92 Å². The van der Waals surface area contributed by atoms with Crippen LogP contribution in [0.25, 0.3) is 0 Å². The molecule has 25 heavy (non-hydrogen) atoms. The summed E-state index contributed by atoms with van der Waals surface area (Å²) in [6, 6.07) is 9.25. The molecule has 1 saturated heterocycles. The molecule has 2 amide bonds. The van der Waals surface area contributed by atoms with Gasteiger partial charge < -0.3 is 10.2 Å². The number of hydrogen-bond donors (Lipinski definition) is 1. The number of piperidine rings is 1. The van der Waals surface area contributed by atoms with Gasteiger partial charge in [-0.2, -0.15) is 0 Å². The molecule has 2 unspecified atom stereocenters. The third-order valence-corrected chi connectivity index (χ3v) is 6.45. The molecule has 4 nitrogen and oxygen atoms in total. The van der Waals surface area contributed by atoms with Crippen LogP contribution in [0.5, 0.6) is 0 Å². The standard InChI is InChI=1S/C21H28N2O2/c1-3-13-5-7-14(8-6-13)20-17-11-23(12-18(17)20)21(25)15-9-16(10-15)22-19(24)4-2/h5-8,15-18,20H,3-4,9-12H2,1-2H3,(H,22,24). The fourth-order valence-corrected chi connectivity index (χ4v) is 4.70. The highest BCUT2D eigenvalue weighted by molar-refractivity contribution is 5.81. The lowest BCUT2D eigenvalue weighted by molar-refractivity contribution is -0.139. The van der Waals surface area contributed by atoms with Crippen LogP contribution in [0.2, 0.25) is 0 Å². The molecule has 0 radical (unpaired) electrons. The number of amides is 2. The van der Waals surface area contributed by atoms with E-state index in [2.05, 4.69) is 41.4 Å². The highest BCUT2D eigenvalue weighted by Crippen LogP contribution is 2.58. The van der Waals surface area contributed by atoms with Gasteiger partial charge in [-0.05, 0) is 48.1 Å². The van der Waals surface area contributed by atoms with E-state index in [1.54, 1.807) is 0 Å². The smallest absolute Gasteiger partial charge is 0.225 e. The van der Waals surface area contributed by atoms with Crippen molar-refractivity contribution in [1.29, 1.82) is 0 Å². The SMILES string of the molecule is CCC(=O)NC1CC(C(=O)N2CC3C(C2)C3c2ccc(CC)cc2)C1. The number of nitrogens with zero attached hydrogens (tertiary/aromatic N) is 1. The van der Waals surface area contributed by atoms with Crippen LogP contribution < -0.4 is 5.32 Å². The summed E-state index contributed by atoms with van der Waals surface area (Å²) in [7, 11) is 0. The van der Waals surface area contributed by atoms with E-state index >= 15 is 0 Å². The Morgan fingerprint density at radius 1 is 1.08 bits per heavy atom. The van der Waals surface area contributed by atoms with Crippen LogP contribution in [0.1, 0.15) is 50.2 Å². The molecule has 2 aliphatic carbocycles. The summed E-state index contributed by atoms with van der Waals surface area (Å²) >= 11 is 0. The summed E-state index contributed by atoms with van der Waals surface area (Å²) in [5, 5.41) is 2.99. The minimum Gasteiger partial charge on any atom is -0.353 e. The molecule has 2 saturated carbocycles. The number of hydrogen-bond acceptors (Lipinski definition) is 2. The number of carbonyl (C=O) groups is 2. The molecule has 3 fully saturated rings. The van der Waals surface area contributed by atoms with E-state index in [9.17, 15) is 9.59 Å². The Hall–Kier alpha value is -1.84. The largest absolute Gasteiger partial charge is 0.353 e. The van der Waals surface area contributed by atoms with Gasteiger partial charge in [0.2, 0.25) is 11.8 Å². The molecule has 1 aromatic carbocycles. The molecule has 0 spiro atoms. The molecule has 1 aromatic rings. The Morgan fingerprint density at radius 3 is 2.28 bits per heavy atom. The number of benzene rings is 1. The molecule has 1 heterocycles. The van der Waals surface area contributed by atoms with E-state index in [0.717, 1.165) is 32.4 Å². The maximum absolute atomic E-state index is 12.6. The Morgan fingerprint density at radius 2 is 1.72 bits per heavy atom. The number of aryl methyl sites for hydroxylation is 1. The molecule has 4 heteroatoms. The summed E-state index contributed by atoms with van der Waals surface area (Å²) in [6.45, 7) is 5.89. The zero-order valence-corrected chi connectivity index (χ0v) is 15.2. The number of likely N-dealkylation sites (tertiary alicyclic amines) is 1. The van der Waals surface area contributed by atoms with Crippen molar-refractivity contribution in [3.05, 3.63) is 35.4 Å². The van der Waals surface area contributed by atoms with Gasteiger partial charge >= 0.3 is 0 Å². The quantitative estimate of drug-likeness (QED) is 0.896. The summed E-state index contributed by atoms with van der Waals surface area (Å²) in [4.78, 5) is 26.1. The van der Waals surface area contributed by atoms with Gasteiger partial charge in [-0.3, -0.25) is 9.59 Å². The molecule has 3 aliphatic rings. The minimum absolute atomic E-state index is 0.0928. The molecule has 1 aliphatic heterocycles. The second kappa shape index (κ2) is 6.47. The van der Waals surface area contributed by atoms with Crippen LogP contribution in [0.15, 0.2) is 24.3 Å². The van der Waals surface area contributed by atoms with E-state index in [1.165, 1.54) is 11.1 Å². The van der Waals surface area contributed by atoms with E-state index in [0.29, 0.717) is 30.1 Å². The van der Waals surface area contributed by atoms with E-state index in [4.69, 9.17) is 0 Å². The maximum Gasteiger partial charge on any atom is 0.225 e. The van der Waals surface area contributed by atoms with Crippen molar-refractivity contribution in [3.8, 4) is 0 Å². The van der Waals surface area contributed by atoms with Crippen LogP contribution in [0.3, 0.4) is 0 Å². The maximum atomic E-state index is 12.6. The zero-order valence-electron chi connectivity index (χ0n) is 15.2. The Kier molecular flexibility index (Phi) is 4.30. The molecule has 2 atom stereocenters. The van der Waals surface area contributed by atoms with Crippen molar-refractivity contribution in [2.45, 2.75) is 51.5 Å². The Labute approximate surface area is 150 Å². The first-order valence-corrected chi connectivity index (χ1v) is 9.77. The van der Waals surface area contributed by atoms with Gasteiger partial charge in [-0.1, -0.05) is 38.1 Å². The van der Waals surface area contributed by atoms with Gasteiger partial charge in [0.05, 0.1) is 0 Å². The first-order chi connectivity index (χ1) is 12.1. The monoisotopic (exact) mass is 340 g/mol. The van der Waals surface area contributed by atoms with Gasteiger partial charge in [-0.25, -0.2) is 0 Å². The summed E-state index contributed by atoms with van der Waals surface area (Å²) in [5.74, 6) is 2.51. The first kappa shape index (κ1) is 16.6. The van der Waals surface area contributed by atoms with Crippen molar-refractivity contribution in [3.63, 3.8) is 0 Å². The van der Waals surface area contributed by atoms with E-state index < -0.39 is 0 Å². The molecule has 4 rings (SSSR count). The molecule has 134 valence electrons. The predicted octanol–water partition coefficient (Wildman–Crippen LogP) is 2.73. The second-order valence-electron chi connectivity index (χ2n) is 7.98. The van der Waals surface area contributed by atoms with Crippen LogP contribution in [-0.2, 0) is 16.0 Å². The third kappa shape index (κ3) is 3.07. The van der Waals surface area contributed by atoms with Crippen molar-refractivity contribution < 1.29 is 9.59 Å². The molecular formula is C21H28N2O2. The van der Waals surface area contributed by atoms with Crippen molar-refractivity contribution in [2.24, 2.45) is 17.8 Å². The molecule has 0 bridgehead atoms. The molecular weight excluding hydrogens is 312 g/mol. The molecule has 1 N–H and O–H groups in total. The van der Waals surface area contributed by atoms with Crippen LogP contribution in [-0.4, -0.2) is 35.8 Å². The average Bonchev–Trinajstić information content (AvgIpc) is 3.10. The lowest BCUT2D eigenvalue weighted by Gasteiger charge is -2.37. The number of carbonyl (C=O) groups excluding carboxylic acids is 2. The van der Waals surface area contributed by atoms with Gasteiger partial charge in [0.15, 0.2) is 0 Å². The number of nitrogens with one attached hydrogen (secondary N) is 1. The van der Waals surface area contributed by atoms with Gasteiger partial charge in [0.1, 0.15) is 0 Å². The normalized spacial score (nSPS) is 32.7. The van der Waals surface area contributed by atoms with Crippen molar-refractivity contribution in [1.82, 2.24) is 10.2 Å². The predicted molar refractivity (Wildman–Crippen MR) is 97.1 cm³/mol. The lowest BCUT2D eigenvalue weighted by atomic mass is 9.79. The van der Waals surface area contributed by atoms with Gasteiger partial charge in [0.25, 0.3) is 0 Å². The zero-order chi connectivity index (χ0) is 17.6. The summed E-state index contributed by atoms with van der Waals surface area (Å²) in [5.41, 5.74) is 2.84. The third-order valence-electron chi connectivity index (χ3n) is 6.45. The van der Waals surface area contributed by atoms with Crippen LogP contribution >= 0.6 is 0 Å². The first-order valence-electron chi connectivity index (χ1n) is 9.77. The average molecular weight is 340 g/mol. The fraction of sp³-hybridized carbons (Fsp3) is 0.619. The Balaban J connectivity index is 1.25. The van der Waals surface area contributed by atoms with Gasteiger partial charge in [0, 0.05) is 31.5 Å². The molecule has 0 aromatic heterocycles. The second-order valence-corrected chi connectivity index (χ2v) is 7.98. The number of fused-ring (bicyclic) bond motifs is 1. The van der Waals surface area contributed by atoms with Gasteiger partial charge in [-0.15, -0.1) is 0 Å². The number of rotatable bonds is 5. The van der Waals surface area contributed by atoms with Crippen LogP contribution in [0, 0.1) is 17.8 Å². The summed E-state index contributed by atoms with van der Waals surface area (Å²) < 4.78 is 0. The van der Waals surface area contributed by atoms with Crippen molar-refractivity contribution >= 4 is 11.8 Å². The highest BCUT2D eigenvalue weighted by Gasteiger charge is 2.57. The lowest BCUT2D eigenvalue weighted by Crippen LogP contribution is -2.50. The fourth-order valence-electron chi connectivity index (χ4n) is 4.70. The summed E-state index contributed by atoms with van der Waals surface area (Å²) in [6.07, 6.45) is 3.24. The highest BCUT2D eigenvalue weighted by atomic mass is 16.2. The van der Waals surface area contributed by atoms with E-state index in [-0.39, 0.29) is 17.9 Å². The topological polar surface area (TPSA) is 49.4 Å². The van der Waals surface area contributed by atoms with Crippen molar-refractivity contribution in [2.75, 3.05) is 13.1 Å². The minimum atomic E-state index is 0.0928. The Bertz CT molecular complexity index is 651. The van der Waals surface area contributed by atoms with Crippen LogP contribution in [0.4, 0.5) is 0 Å².